The summed E-state index contributed by atoms with van der Waals surface area (Å²) in [5.41, 5.74) is 9.15. The monoisotopic (exact) mass is 161 g/mol. The molecular weight excluding hydrogens is 146 g/mol. The zero-order chi connectivity index (χ0) is 9.14. The van der Waals surface area contributed by atoms with Gasteiger partial charge in [-0.25, -0.2) is 0 Å². The molecule has 1 nitrogen and oxygen atoms in total. The Morgan fingerprint density at radius 2 is 1.83 bits per heavy atom. The summed E-state index contributed by atoms with van der Waals surface area (Å²) in [5, 5.41) is 0. The fraction of sp³-hybridized carbons (Fsp3) is 0.273. The third-order valence-corrected chi connectivity index (χ3v) is 1.93. The molecule has 0 radical (unpaired) electrons. The maximum atomic E-state index is 5.72. The van der Waals surface area contributed by atoms with Crippen LogP contribution in [0.25, 0.3) is 5.57 Å². The number of nitrogens with two attached hydrogens (primary N) is 1. The molecule has 0 heterocycles. The summed E-state index contributed by atoms with van der Waals surface area (Å²) in [7, 11) is 0. The molecule has 12 heavy (non-hydrogen) atoms. The molecule has 0 fully saturated rings. The normalized spacial score (nSPS) is 12.6. The van der Waals surface area contributed by atoms with E-state index in [4.69, 9.17) is 5.73 Å². The van der Waals surface area contributed by atoms with Crippen LogP contribution < -0.4 is 5.73 Å². The van der Waals surface area contributed by atoms with Gasteiger partial charge >= 0.3 is 0 Å². The average molecular weight is 161 g/mol. The highest BCUT2D eigenvalue weighted by Gasteiger charge is 1.98. The van der Waals surface area contributed by atoms with Crippen LogP contribution in [0.5, 0.6) is 0 Å². The first-order chi connectivity index (χ1) is 5.61. The number of hydrogen-bond acceptors (Lipinski definition) is 1. The molecule has 0 saturated carbocycles. The Hall–Kier alpha value is -1.08. The average Bonchev–Trinajstić information content (AvgIpc) is 2.04. The van der Waals surface area contributed by atoms with E-state index in [1.807, 2.05) is 13.8 Å². The van der Waals surface area contributed by atoms with Gasteiger partial charge in [-0.1, -0.05) is 36.4 Å². The SMILES string of the molecule is C=C(C)c1ccc(C(C)N)cc1. The van der Waals surface area contributed by atoms with Crippen LogP contribution in [0.1, 0.15) is 31.0 Å². The minimum atomic E-state index is 0.115. The van der Waals surface area contributed by atoms with Crippen LogP contribution in [0.3, 0.4) is 0 Å². The van der Waals surface area contributed by atoms with Crippen LogP contribution in [0, 0.1) is 0 Å². The maximum absolute atomic E-state index is 5.72. The van der Waals surface area contributed by atoms with E-state index in [2.05, 4.69) is 30.8 Å². The molecule has 0 saturated heterocycles. The topological polar surface area (TPSA) is 26.0 Å². The van der Waals surface area contributed by atoms with E-state index in [0.29, 0.717) is 0 Å². The van der Waals surface area contributed by atoms with Crippen molar-refractivity contribution in [3.8, 4) is 0 Å². The second kappa shape index (κ2) is 3.55. The summed E-state index contributed by atoms with van der Waals surface area (Å²) in [4.78, 5) is 0. The number of hydrogen-bond donors (Lipinski definition) is 1. The molecule has 0 spiro atoms. The second-order valence-corrected chi connectivity index (χ2v) is 3.19. The predicted molar refractivity (Wildman–Crippen MR) is 53.8 cm³/mol. The Morgan fingerprint density at radius 3 is 2.17 bits per heavy atom. The van der Waals surface area contributed by atoms with Crippen molar-refractivity contribution < 1.29 is 0 Å². The first-order valence-corrected chi connectivity index (χ1v) is 4.12. The van der Waals surface area contributed by atoms with Crippen molar-refractivity contribution in [2.75, 3.05) is 0 Å². The first-order valence-electron chi connectivity index (χ1n) is 4.12. The lowest BCUT2D eigenvalue weighted by Crippen LogP contribution is -2.04. The van der Waals surface area contributed by atoms with Crippen molar-refractivity contribution >= 4 is 5.57 Å². The van der Waals surface area contributed by atoms with Gasteiger partial charge in [0, 0.05) is 6.04 Å². The molecule has 0 aliphatic heterocycles. The number of allylic oxidation sites excluding steroid dienone is 1. The van der Waals surface area contributed by atoms with E-state index in [-0.39, 0.29) is 6.04 Å². The summed E-state index contributed by atoms with van der Waals surface area (Å²) in [6, 6.07) is 8.33. The lowest BCUT2D eigenvalue weighted by atomic mass is 10.0. The second-order valence-electron chi connectivity index (χ2n) is 3.19. The van der Waals surface area contributed by atoms with Crippen molar-refractivity contribution in [1.82, 2.24) is 0 Å². The molecule has 0 bridgehead atoms. The summed E-state index contributed by atoms with van der Waals surface area (Å²) < 4.78 is 0. The van der Waals surface area contributed by atoms with Crippen LogP contribution in [0.4, 0.5) is 0 Å². The Bertz CT molecular complexity index is 270. The molecule has 0 amide bonds. The smallest absolute Gasteiger partial charge is 0.0266 e. The minimum Gasteiger partial charge on any atom is -0.324 e. The van der Waals surface area contributed by atoms with Crippen LogP contribution in [-0.2, 0) is 0 Å². The molecule has 0 aliphatic rings. The first kappa shape index (κ1) is 9.01. The minimum absolute atomic E-state index is 0.115. The molecule has 1 aromatic carbocycles. The zero-order valence-corrected chi connectivity index (χ0v) is 7.67. The molecule has 2 N–H and O–H groups in total. The van der Waals surface area contributed by atoms with Gasteiger partial charge < -0.3 is 5.73 Å². The summed E-state index contributed by atoms with van der Waals surface area (Å²) in [5.74, 6) is 0. The molecule has 1 unspecified atom stereocenters. The van der Waals surface area contributed by atoms with Crippen molar-refractivity contribution in [3.63, 3.8) is 0 Å². The van der Waals surface area contributed by atoms with Crippen molar-refractivity contribution in [2.24, 2.45) is 5.73 Å². The van der Waals surface area contributed by atoms with E-state index in [1.54, 1.807) is 0 Å². The zero-order valence-electron chi connectivity index (χ0n) is 7.67. The maximum Gasteiger partial charge on any atom is 0.0266 e. The molecule has 64 valence electrons. The van der Waals surface area contributed by atoms with Crippen molar-refractivity contribution in [3.05, 3.63) is 42.0 Å². The van der Waals surface area contributed by atoms with Crippen molar-refractivity contribution in [2.45, 2.75) is 19.9 Å². The summed E-state index contributed by atoms with van der Waals surface area (Å²) in [6.45, 7) is 7.85. The summed E-state index contributed by atoms with van der Waals surface area (Å²) in [6.07, 6.45) is 0. The highest BCUT2D eigenvalue weighted by atomic mass is 14.6. The predicted octanol–water partition coefficient (Wildman–Crippen LogP) is 2.74. The van der Waals surface area contributed by atoms with Crippen LogP contribution in [0.15, 0.2) is 30.8 Å². The lowest BCUT2D eigenvalue weighted by Gasteiger charge is -2.06. The van der Waals surface area contributed by atoms with Crippen LogP contribution in [-0.4, -0.2) is 0 Å². The van der Waals surface area contributed by atoms with Gasteiger partial charge in [0.15, 0.2) is 0 Å². The Kier molecular flexibility index (Phi) is 2.66. The van der Waals surface area contributed by atoms with Gasteiger partial charge in [0.2, 0.25) is 0 Å². The number of rotatable bonds is 2. The van der Waals surface area contributed by atoms with Crippen LogP contribution >= 0.6 is 0 Å². The van der Waals surface area contributed by atoms with E-state index in [0.717, 1.165) is 5.57 Å². The Balaban J connectivity index is 2.93. The van der Waals surface area contributed by atoms with Gasteiger partial charge in [0.25, 0.3) is 0 Å². The van der Waals surface area contributed by atoms with E-state index in [1.165, 1.54) is 11.1 Å². The highest BCUT2D eigenvalue weighted by molar-refractivity contribution is 5.61. The van der Waals surface area contributed by atoms with Gasteiger partial charge in [-0.05, 0) is 25.0 Å². The molecule has 1 rings (SSSR count). The number of benzene rings is 1. The molecule has 1 atom stereocenters. The lowest BCUT2D eigenvalue weighted by molar-refractivity contribution is 0.818. The van der Waals surface area contributed by atoms with Gasteiger partial charge in [-0.15, -0.1) is 0 Å². The van der Waals surface area contributed by atoms with E-state index in [9.17, 15) is 0 Å². The quantitative estimate of drug-likeness (QED) is 0.709. The van der Waals surface area contributed by atoms with Gasteiger partial charge in [0.1, 0.15) is 0 Å². The van der Waals surface area contributed by atoms with E-state index >= 15 is 0 Å². The van der Waals surface area contributed by atoms with Gasteiger partial charge in [0.05, 0.1) is 0 Å². The highest BCUT2D eigenvalue weighted by Crippen LogP contribution is 2.15. The largest absolute Gasteiger partial charge is 0.324 e. The molecular formula is C11H15N. The van der Waals surface area contributed by atoms with E-state index < -0.39 is 0 Å². The van der Waals surface area contributed by atoms with Gasteiger partial charge in [-0.3, -0.25) is 0 Å². The fourth-order valence-electron chi connectivity index (χ4n) is 1.07. The molecule has 0 aliphatic carbocycles. The molecule has 0 aromatic heterocycles. The standard InChI is InChI=1S/C11H15N/c1-8(2)10-4-6-11(7-5-10)9(3)12/h4-7,9H,1,12H2,2-3H3. The molecule has 1 heteroatoms. The Morgan fingerprint density at radius 1 is 1.33 bits per heavy atom. The third-order valence-electron chi connectivity index (χ3n) is 1.93. The third kappa shape index (κ3) is 1.95. The molecule has 1 aromatic rings. The van der Waals surface area contributed by atoms with Crippen LogP contribution in [0.2, 0.25) is 0 Å². The summed E-state index contributed by atoms with van der Waals surface area (Å²) >= 11 is 0. The Labute approximate surface area is 73.9 Å². The van der Waals surface area contributed by atoms with Gasteiger partial charge in [-0.2, -0.15) is 0 Å². The fourth-order valence-corrected chi connectivity index (χ4v) is 1.07. The van der Waals surface area contributed by atoms with Crippen molar-refractivity contribution in [1.29, 1.82) is 0 Å².